The number of nitriles is 1. The van der Waals surface area contributed by atoms with E-state index < -0.39 is 5.54 Å². The Morgan fingerprint density at radius 3 is 3.07 bits per heavy atom. The van der Waals surface area contributed by atoms with E-state index in [1.165, 1.54) is 0 Å². The lowest BCUT2D eigenvalue weighted by atomic mass is 10.1. The third-order valence-corrected chi connectivity index (χ3v) is 3.20. The summed E-state index contributed by atoms with van der Waals surface area (Å²) in [5.74, 6) is 0.691. The standard InChI is InChI=1S/C10H16N4S/c1-3-4-14-10(2,7-11)8-15-9-12-5-6-13-9/h5-6,14H,3-4,8H2,1-2H3,(H,12,13). The van der Waals surface area contributed by atoms with Gasteiger partial charge in [0.15, 0.2) is 5.16 Å². The van der Waals surface area contributed by atoms with Crippen LogP contribution < -0.4 is 5.32 Å². The van der Waals surface area contributed by atoms with Crippen LogP contribution >= 0.6 is 11.8 Å². The van der Waals surface area contributed by atoms with Gasteiger partial charge in [0.25, 0.3) is 0 Å². The Labute approximate surface area is 94.5 Å². The fourth-order valence-corrected chi connectivity index (χ4v) is 1.94. The highest BCUT2D eigenvalue weighted by Crippen LogP contribution is 2.18. The molecule has 4 nitrogen and oxygen atoms in total. The first kappa shape index (κ1) is 12.1. The van der Waals surface area contributed by atoms with E-state index >= 15 is 0 Å². The van der Waals surface area contributed by atoms with Gasteiger partial charge in [0.1, 0.15) is 5.54 Å². The van der Waals surface area contributed by atoms with Crippen molar-refractivity contribution in [2.75, 3.05) is 12.3 Å². The number of hydrogen-bond acceptors (Lipinski definition) is 4. The fourth-order valence-electron chi connectivity index (χ4n) is 1.07. The minimum atomic E-state index is -0.479. The molecule has 1 aromatic heterocycles. The quantitative estimate of drug-likeness (QED) is 0.723. The molecule has 82 valence electrons. The second-order valence-electron chi connectivity index (χ2n) is 3.55. The zero-order valence-corrected chi connectivity index (χ0v) is 9.90. The van der Waals surface area contributed by atoms with Gasteiger partial charge in [-0.25, -0.2) is 4.98 Å². The topological polar surface area (TPSA) is 64.5 Å². The molecule has 0 aliphatic carbocycles. The first-order chi connectivity index (χ1) is 7.20. The smallest absolute Gasteiger partial charge is 0.165 e. The van der Waals surface area contributed by atoms with Crippen LogP contribution in [0.4, 0.5) is 0 Å². The summed E-state index contributed by atoms with van der Waals surface area (Å²) < 4.78 is 0. The highest BCUT2D eigenvalue weighted by atomic mass is 32.2. The average molecular weight is 224 g/mol. The van der Waals surface area contributed by atoms with Crippen molar-refractivity contribution in [3.8, 4) is 6.07 Å². The summed E-state index contributed by atoms with van der Waals surface area (Å²) in [5, 5.41) is 13.2. The number of nitrogens with zero attached hydrogens (tertiary/aromatic N) is 2. The van der Waals surface area contributed by atoms with E-state index in [1.807, 2.05) is 6.92 Å². The van der Waals surface area contributed by atoms with Crippen molar-refractivity contribution in [3.63, 3.8) is 0 Å². The summed E-state index contributed by atoms with van der Waals surface area (Å²) in [4.78, 5) is 7.11. The van der Waals surface area contributed by atoms with Gasteiger partial charge in [-0.3, -0.25) is 5.32 Å². The van der Waals surface area contributed by atoms with Crippen LogP contribution in [0.5, 0.6) is 0 Å². The molecule has 1 unspecified atom stereocenters. The molecular formula is C10H16N4S. The highest BCUT2D eigenvalue weighted by Gasteiger charge is 2.23. The molecule has 0 aliphatic heterocycles. The lowest BCUT2D eigenvalue weighted by Crippen LogP contribution is -2.43. The maximum Gasteiger partial charge on any atom is 0.165 e. The first-order valence-corrected chi connectivity index (χ1v) is 5.97. The average Bonchev–Trinajstić information content (AvgIpc) is 2.76. The first-order valence-electron chi connectivity index (χ1n) is 4.98. The lowest BCUT2D eigenvalue weighted by Gasteiger charge is -2.21. The van der Waals surface area contributed by atoms with Gasteiger partial charge in [0, 0.05) is 18.1 Å². The van der Waals surface area contributed by atoms with Crippen molar-refractivity contribution < 1.29 is 0 Å². The van der Waals surface area contributed by atoms with Crippen molar-refractivity contribution in [1.82, 2.24) is 15.3 Å². The van der Waals surface area contributed by atoms with Crippen molar-refractivity contribution in [2.45, 2.75) is 31.0 Å². The highest BCUT2D eigenvalue weighted by molar-refractivity contribution is 7.99. The van der Waals surface area contributed by atoms with Gasteiger partial charge in [-0.15, -0.1) is 0 Å². The largest absolute Gasteiger partial charge is 0.340 e. The number of aromatic nitrogens is 2. The van der Waals surface area contributed by atoms with Crippen LogP contribution in [0.15, 0.2) is 17.6 Å². The van der Waals surface area contributed by atoms with Gasteiger partial charge in [-0.2, -0.15) is 5.26 Å². The number of H-pyrrole nitrogens is 1. The molecular weight excluding hydrogens is 208 g/mol. The maximum absolute atomic E-state index is 9.08. The van der Waals surface area contributed by atoms with E-state index in [4.69, 9.17) is 5.26 Å². The minimum Gasteiger partial charge on any atom is -0.340 e. The van der Waals surface area contributed by atoms with Crippen LogP contribution in [0.2, 0.25) is 0 Å². The Hall–Kier alpha value is -0.990. The molecule has 0 radical (unpaired) electrons. The lowest BCUT2D eigenvalue weighted by molar-refractivity contribution is 0.493. The van der Waals surface area contributed by atoms with Crippen LogP contribution in [-0.4, -0.2) is 27.8 Å². The van der Waals surface area contributed by atoms with Crippen LogP contribution in [0.25, 0.3) is 0 Å². The van der Waals surface area contributed by atoms with Crippen molar-refractivity contribution >= 4 is 11.8 Å². The number of rotatable bonds is 6. The van der Waals surface area contributed by atoms with E-state index in [9.17, 15) is 0 Å². The molecule has 1 rings (SSSR count). The van der Waals surface area contributed by atoms with Crippen LogP contribution in [0, 0.1) is 11.3 Å². The molecule has 2 N–H and O–H groups in total. The van der Waals surface area contributed by atoms with E-state index in [-0.39, 0.29) is 0 Å². The number of imidazole rings is 1. The molecule has 1 heterocycles. The summed E-state index contributed by atoms with van der Waals surface area (Å²) in [7, 11) is 0. The number of hydrogen-bond donors (Lipinski definition) is 2. The van der Waals surface area contributed by atoms with E-state index in [1.54, 1.807) is 24.2 Å². The van der Waals surface area contributed by atoms with Crippen LogP contribution in [0.3, 0.4) is 0 Å². The molecule has 0 spiro atoms. The number of thioether (sulfide) groups is 1. The molecule has 15 heavy (non-hydrogen) atoms. The molecule has 0 fully saturated rings. The molecule has 0 aromatic carbocycles. The van der Waals surface area contributed by atoms with E-state index in [0.29, 0.717) is 5.75 Å². The second kappa shape index (κ2) is 5.79. The van der Waals surface area contributed by atoms with Gasteiger partial charge in [0.2, 0.25) is 0 Å². The predicted molar refractivity (Wildman–Crippen MR) is 61.6 cm³/mol. The van der Waals surface area contributed by atoms with Gasteiger partial charge < -0.3 is 4.98 Å². The predicted octanol–water partition coefficient (Wildman–Crippen LogP) is 1.78. The second-order valence-corrected chi connectivity index (χ2v) is 4.52. The van der Waals surface area contributed by atoms with E-state index in [0.717, 1.165) is 18.1 Å². The van der Waals surface area contributed by atoms with Crippen molar-refractivity contribution in [2.24, 2.45) is 0 Å². The summed E-state index contributed by atoms with van der Waals surface area (Å²) in [6.45, 7) is 4.87. The Morgan fingerprint density at radius 1 is 1.73 bits per heavy atom. The maximum atomic E-state index is 9.08. The minimum absolute atomic E-state index is 0.479. The number of aromatic amines is 1. The normalized spacial score (nSPS) is 14.5. The molecule has 0 aliphatic rings. The summed E-state index contributed by atoms with van der Waals surface area (Å²) in [5.41, 5.74) is -0.479. The van der Waals surface area contributed by atoms with Crippen LogP contribution in [-0.2, 0) is 0 Å². The third-order valence-electron chi connectivity index (χ3n) is 1.98. The molecule has 0 saturated heterocycles. The van der Waals surface area contributed by atoms with Gasteiger partial charge >= 0.3 is 0 Å². The molecule has 1 aromatic rings. The molecule has 0 bridgehead atoms. The Balaban J connectivity index is 2.43. The SMILES string of the molecule is CCCNC(C)(C#N)CSc1ncc[nH]1. The van der Waals surface area contributed by atoms with Crippen molar-refractivity contribution in [1.29, 1.82) is 5.26 Å². The molecule has 5 heteroatoms. The zero-order valence-electron chi connectivity index (χ0n) is 9.08. The zero-order chi connectivity index (χ0) is 11.1. The molecule has 1 atom stereocenters. The number of nitrogens with one attached hydrogen (secondary N) is 2. The van der Waals surface area contributed by atoms with Crippen molar-refractivity contribution in [3.05, 3.63) is 12.4 Å². The summed E-state index contributed by atoms with van der Waals surface area (Å²) >= 11 is 1.56. The fraction of sp³-hybridized carbons (Fsp3) is 0.600. The summed E-state index contributed by atoms with van der Waals surface area (Å²) in [6.07, 6.45) is 4.53. The molecule has 0 saturated carbocycles. The Bertz CT molecular complexity index is 317. The molecule has 0 amide bonds. The summed E-state index contributed by atoms with van der Waals surface area (Å²) in [6, 6.07) is 2.30. The van der Waals surface area contributed by atoms with Gasteiger partial charge in [-0.1, -0.05) is 18.7 Å². The Morgan fingerprint density at radius 2 is 2.53 bits per heavy atom. The third kappa shape index (κ3) is 3.94. The van der Waals surface area contributed by atoms with Crippen LogP contribution in [0.1, 0.15) is 20.3 Å². The van der Waals surface area contributed by atoms with E-state index in [2.05, 4.69) is 28.3 Å². The van der Waals surface area contributed by atoms with Gasteiger partial charge in [0.05, 0.1) is 6.07 Å². The Kier molecular flexibility index (Phi) is 4.66. The van der Waals surface area contributed by atoms with Gasteiger partial charge in [-0.05, 0) is 19.9 Å². The monoisotopic (exact) mass is 224 g/mol.